The maximum Gasteiger partial charge on any atom is 0.166 e. The largest absolute Gasteiger partial charge is 0.361 e. The van der Waals surface area contributed by atoms with Gasteiger partial charge in [0.1, 0.15) is 0 Å². The Kier molecular flexibility index (Phi) is 2.23. The first-order valence-corrected chi connectivity index (χ1v) is 4.66. The Morgan fingerprint density at radius 3 is 2.86 bits per heavy atom. The third-order valence-electron chi connectivity index (χ3n) is 2.38. The molecule has 2 aromatic rings. The zero-order valence-corrected chi connectivity index (χ0v) is 8.00. The molecule has 0 saturated heterocycles. The van der Waals surface area contributed by atoms with Crippen LogP contribution in [0.15, 0.2) is 24.5 Å². The topological polar surface area (TPSA) is 48.6 Å². The molecule has 0 amide bonds. The summed E-state index contributed by atoms with van der Waals surface area (Å²) >= 11 is 0. The van der Waals surface area contributed by atoms with Gasteiger partial charge in [-0.25, -0.2) is 0 Å². The molecule has 0 fully saturated rings. The minimum Gasteiger partial charge on any atom is -0.361 e. The number of aromatic amines is 2. The van der Waals surface area contributed by atoms with Crippen LogP contribution in [-0.2, 0) is 6.42 Å². The number of carbonyl (C=O) groups is 1. The molecule has 72 valence electrons. The molecule has 0 aliphatic carbocycles. The number of hydrogen-bond donors (Lipinski definition) is 2. The van der Waals surface area contributed by atoms with Gasteiger partial charge in [-0.15, -0.1) is 0 Å². The van der Waals surface area contributed by atoms with E-state index in [0.29, 0.717) is 5.69 Å². The van der Waals surface area contributed by atoms with Crippen molar-refractivity contribution < 1.29 is 4.79 Å². The monoisotopic (exact) mass is 188 g/mol. The van der Waals surface area contributed by atoms with Gasteiger partial charge in [0.05, 0.1) is 5.69 Å². The van der Waals surface area contributed by atoms with E-state index < -0.39 is 0 Å². The van der Waals surface area contributed by atoms with Gasteiger partial charge < -0.3 is 9.97 Å². The molecule has 0 spiro atoms. The summed E-state index contributed by atoms with van der Waals surface area (Å²) in [6.07, 6.45) is 5.47. The Morgan fingerprint density at radius 1 is 1.43 bits per heavy atom. The second kappa shape index (κ2) is 3.54. The molecule has 3 heteroatoms. The lowest BCUT2D eigenvalue weighted by atomic mass is 10.1. The van der Waals surface area contributed by atoms with E-state index in [4.69, 9.17) is 0 Å². The molecule has 0 aromatic carbocycles. The number of hydrogen-bond acceptors (Lipinski definition) is 1. The first-order chi connectivity index (χ1) is 6.86. The average molecular weight is 188 g/mol. The fourth-order valence-electron chi connectivity index (χ4n) is 1.69. The van der Waals surface area contributed by atoms with Crippen LogP contribution in [0.3, 0.4) is 0 Å². The van der Waals surface area contributed by atoms with Gasteiger partial charge in [0, 0.05) is 23.7 Å². The normalized spacial score (nSPS) is 10.4. The van der Waals surface area contributed by atoms with Gasteiger partial charge in [-0.2, -0.15) is 0 Å². The van der Waals surface area contributed by atoms with Crippen LogP contribution in [0.4, 0.5) is 0 Å². The van der Waals surface area contributed by atoms with Crippen molar-refractivity contribution in [2.24, 2.45) is 0 Å². The highest BCUT2D eigenvalue weighted by Crippen LogP contribution is 2.24. The zero-order chi connectivity index (χ0) is 9.97. The SMILES string of the molecule is CCc1c(-c2ccc[nH]2)c[nH]c1C=O. The molecule has 0 unspecified atom stereocenters. The minimum absolute atomic E-state index is 0.678. The van der Waals surface area contributed by atoms with Crippen LogP contribution in [0.1, 0.15) is 23.0 Å². The van der Waals surface area contributed by atoms with Crippen LogP contribution in [0.5, 0.6) is 0 Å². The number of H-pyrrole nitrogens is 2. The van der Waals surface area contributed by atoms with E-state index in [1.807, 2.05) is 31.5 Å². The van der Waals surface area contributed by atoms with E-state index in [9.17, 15) is 4.79 Å². The first-order valence-electron chi connectivity index (χ1n) is 4.66. The van der Waals surface area contributed by atoms with E-state index in [1.54, 1.807) is 0 Å². The maximum absolute atomic E-state index is 10.7. The Bertz CT molecular complexity index is 426. The van der Waals surface area contributed by atoms with Gasteiger partial charge in [0.25, 0.3) is 0 Å². The molecule has 0 bridgehead atoms. The lowest BCUT2D eigenvalue weighted by molar-refractivity contribution is 0.111. The highest BCUT2D eigenvalue weighted by atomic mass is 16.1. The Labute approximate surface area is 82.2 Å². The van der Waals surface area contributed by atoms with E-state index in [0.717, 1.165) is 29.5 Å². The van der Waals surface area contributed by atoms with Crippen molar-refractivity contribution in [3.8, 4) is 11.3 Å². The molecule has 14 heavy (non-hydrogen) atoms. The standard InChI is InChI=1S/C11H12N2O/c1-2-8-9(6-13-11(8)7-14)10-4-3-5-12-10/h3-7,12-13H,2H2,1H3. The van der Waals surface area contributed by atoms with E-state index in [2.05, 4.69) is 9.97 Å². The third-order valence-corrected chi connectivity index (χ3v) is 2.38. The summed E-state index contributed by atoms with van der Waals surface area (Å²) in [7, 11) is 0. The number of rotatable bonds is 3. The van der Waals surface area contributed by atoms with Crippen LogP contribution in [-0.4, -0.2) is 16.3 Å². The van der Waals surface area contributed by atoms with Gasteiger partial charge in [0.15, 0.2) is 6.29 Å². The molecule has 2 heterocycles. The minimum atomic E-state index is 0.678. The van der Waals surface area contributed by atoms with Gasteiger partial charge >= 0.3 is 0 Å². The molecule has 3 nitrogen and oxygen atoms in total. The van der Waals surface area contributed by atoms with Crippen molar-refractivity contribution in [1.82, 2.24) is 9.97 Å². The van der Waals surface area contributed by atoms with Crippen molar-refractivity contribution in [3.05, 3.63) is 35.8 Å². The molecule has 2 aromatic heterocycles. The van der Waals surface area contributed by atoms with E-state index >= 15 is 0 Å². The van der Waals surface area contributed by atoms with Crippen molar-refractivity contribution in [2.45, 2.75) is 13.3 Å². The summed E-state index contributed by atoms with van der Waals surface area (Å²) < 4.78 is 0. The molecule has 0 aliphatic heterocycles. The van der Waals surface area contributed by atoms with E-state index in [1.165, 1.54) is 0 Å². The van der Waals surface area contributed by atoms with Crippen LogP contribution in [0.25, 0.3) is 11.3 Å². The highest BCUT2D eigenvalue weighted by Gasteiger charge is 2.10. The fraction of sp³-hybridized carbons (Fsp3) is 0.182. The van der Waals surface area contributed by atoms with Crippen molar-refractivity contribution in [3.63, 3.8) is 0 Å². The van der Waals surface area contributed by atoms with Gasteiger partial charge in [0.2, 0.25) is 0 Å². The quantitative estimate of drug-likeness (QED) is 0.714. The summed E-state index contributed by atoms with van der Waals surface area (Å²) in [6.45, 7) is 2.04. The molecule has 0 saturated carbocycles. The molecule has 2 rings (SSSR count). The number of aromatic nitrogens is 2. The summed E-state index contributed by atoms with van der Waals surface area (Å²) in [6, 6.07) is 3.94. The third kappa shape index (κ3) is 1.27. The van der Waals surface area contributed by atoms with Gasteiger partial charge in [-0.1, -0.05) is 6.92 Å². The number of aldehydes is 1. The van der Waals surface area contributed by atoms with Crippen molar-refractivity contribution in [1.29, 1.82) is 0 Å². The smallest absolute Gasteiger partial charge is 0.166 e. The first kappa shape index (κ1) is 8.81. The summed E-state index contributed by atoms with van der Waals surface area (Å²) in [4.78, 5) is 16.8. The maximum atomic E-state index is 10.7. The Hall–Kier alpha value is -1.77. The predicted molar refractivity (Wildman–Crippen MR) is 55.3 cm³/mol. The molecular formula is C11H12N2O. The second-order valence-corrected chi connectivity index (χ2v) is 3.15. The lowest BCUT2D eigenvalue weighted by Gasteiger charge is -1.98. The highest BCUT2D eigenvalue weighted by molar-refractivity contribution is 5.80. The number of carbonyl (C=O) groups excluding carboxylic acids is 1. The molecule has 0 atom stereocenters. The molecule has 0 aliphatic rings. The van der Waals surface area contributed by atoms with Crippen LogP contribution < -0.4 is 0 Å². The lowest BCUT2D eigenvalue weighted by Crippen LogP contribution is -1.88. The summed E-state index contributed by atoms with van der Waals surface area (Å²) in [5, 5.41) is 0. The Morgan fingerprint density at radius 2 is 2.29 bits per heavy atom. The van der Waals surface area contributed by atoms with Gasteiger partial charge in [-0.05, 0) is 24.1 Å². The molecule has 2 N–H and O–H groups in total. The van der Waals surface area contributed by atoms with Crippen LogP contribution >= 0.6 is 0 Å². The summed E-state index contributed by atoms with van der Waals surface area (Å²) in [5.41, 5.74) is 3.88. The fourth-order valence-corrected chi connectivity index (χ4v) is 1.69. The van der Waals surface area contributed by atoms with Crippen LogP contribution in [0.2, 0.25) is 0 Å². The second-order valence-electron chi connectivity index (χ2n) is 3.15. The molecular weight excluding hydrogens is 176 g/mol. The van der Waals surface area contributed by atoms with Crippen LogP contribution in [0, 0.1) is 0 Å². The van der Waals surface area contributed by atoms with Crippen molar-refractivity contribution >= 4 is 6.29 Å². The number of nitrogens with one attached hydrogen (secondary N) is 2. The zero-order valence-electron chi connectivity index (χ0n) is 8.00. The van der Waals surface area contributed by atoms with Gasteiger partial charge in [-0.3, -0.25) is 4.79 Å². The van der Waals surface area contributed by atoms with E-state index in [-0.39, 0.29) is 0 Å². The average Bonchev–Trinajstić information content (AvgIpc) is 2.85. The van der Waals surface area contributed by atoms with Crippen molar-refractivity contribution in [2.75, 3.05) is 0 Å². The summed E-state index contributed by atoms with van der Waals surface area (Å²) in [5.74, 6) is 0. The predicted octanol–water partition coefficient (Wildman–Crippen LogP) is 2.38. The molecule has 0 radical (unpaired) electrons. The Balaban J connectivity index is 2.54.